The standard InChI is InChI=1S/C11H13F3/c1-3-10(2,11(12,13)14)9-7-5-4-6-8-9/h4-8H,3H2,1-2H3. The Morgan fingerprint density at radius 2 is 1.57 bits per heavy atom. The number of hydrogen-bond acceptors (Lipinski definition) is 0. The van der Waals surface area contributed by atoms with E-state index in [2.05, 4.69) is 0 Å². The van der Waals surface area contributed by atoms with Gasteiger partial charge in [-0.1, -0.05) is 37.3 Å². The second-order valence-electron chi connectivity index (χ2n) is 3.55. The fraction of sp³-hybridized carbons (Fsp3) is 0.455. The van der Waals surface area contributed by atoms with Gasteiger partial charge in [-0.15, -0.1) is 0 Å². The van der Waals surface area contributed by atoms with Gasteiger partial charge in [-0.05, 0) is 18.9 Å². The molecule has 0 nitrogen and oxygen atoms in total. The van der Waals surface area contributed by atoms with Gasteiger partial charge in [0, 0.05) is 0 Å². The van der Waals surface area contributed by atoms with Gasteiger partial charge in [0.1, 0.15) is 0 Å². The Balaban J connectivity index is 3.15. The smallest absolute Gasteiger partial charge is 0.170 e. The molecule has 3 heteroatoms. The fourth-order valence-corrected chi connectivity index (χ4v) is 1.37. The van der Waals surface area contributed by atoms with Gasteiger partial charge in [0.15, 0.2) is 0 Å². The largest absolute Gasteiger partial charge is 0.398 e. The van der Waals surface area contributed by atoms with Gasteiger partial charge < -0.3 is 0 Å². The van der Waals surface area contributed by atoms with Crippen LogP contribution in [-0.4, -0.2) is 6.18 Å². The van der Waals surface area contributed by atoms with Crippen LogP contribution in [0.1, 0.15) is 25.8 Å². The van der Waals surface area contributed by atoms with Crippen molar-refractivity contribution in [3.05, 3.63) is 35.9 Å². The predicted molar refractivity (Wildman–Crippen MR) is 50.1 cm³/mol. The first-order chi connectivity index (χ1) is 6.42. The molecule has 1 rings (SSSR count). The second kappa shape index (κ2) is 3.64. The Kier molecular flexibility index (Phi) is 2.88. The number of hydrogen-bond donors (Lipinski definition) is 0. The van der Waals surface area contributed by atoms with Crippen molar-refractivity contribution in [2.75, 3.05) is 0 Å². The highest BCUT2D eigenvalue weighted by Gasteiger charge is 2.50. The van der Waals surface area contributed by atoms with Crippen molar-refractivity contribution in [2.24, 2.45) is 0 Å². The molecule has 0 heterocycles. The van der Waals surface area contributed by atoms with Crippen molar-refractivity contribution in [3.8, 4) is 0 Å². The number of alkyl halides is 3. The van der Waals surface area contributed by atoms with Gasteiger partial charge >= 0.3 is 6.18 Å². The van der Waals surface area contributed by atoms with E-state index in [9.17, 15) is 13.2 Å². The lowest BCUT2D eigenvalue weighted by Crippen LogP contribution is -2.38. The van der Waals surface area contributed by atoms with Gasteiger partial charge in [-0.25, -0.2) is 0 Å². The van der Waals surface area contributed by atoms with Crippen LogP contribution in [0.25, 0.3) is 0 Å². The van der Waals surface area contributed by atoms with E-state index in [1.807, 2.05) is 0 Å². The maximum absolute atomic E-state index is 12.8. The third-order valence-electron chi connectivity index (χ3n) is 2.74. The summed E-state index contributed by atoms with van der Waals surface area (Å²) < 4.78 is 38.4. The van der Waals surface area contributed by atoms with E-state index < -0.39 is 11.6 Å². The van der Waals surface area contributed by atoms with E-state index in [0.29, 0.717) is 5.56 Å². The Hall–Kier alpha value is -0.990. The quantitative estimate of drug-likeness (QED) is 0.681. The molecule has 0 saturated carbocycles. The highest BCUT2D eigenvalue weighted by atomic mass is 19.4. The molecule has 0 aliphatic rings. The molecule has 0 N–H and O–H groups in total. The van der Waals surface area contributed by atoms with Crippen LogP contribution in [0.5, 0.6) is 0 Å². The lowest BCUT2D eigenvalue weighted by Gasteiger charge is -2.31. The molecular weight excluding hydrogens is 189 g/mol. The van der Waals surface area contributed by atoms with Gasteiger partial charge in [-0.2, -0.15) is 13.2 Å². The Bertz CT molecular complexity index is 289. The SMILES string of the molecule is CCC(C)(c1ccccc1)C(F)(F)F. The first kappa shape index (κ1) is 11.1. The van der Waals surface area contributed by atoms with E-state index in [0.717, 1.165) is 0 Å². The molecule has 14 heavy (non-hydrogen) atoms. The summed E-state index contributed by atoms with van der Waals surface area (Å²) in [6.07, 6.45) is -4.14. The topological polar surface area (TPSA) is 0 Å². The van der Waals surface area contributed by atoms with Gasteiger partial charge in [0.2, 0.25) is 0 Å². The van der Waals surface area contributed by atoms with Crippen LogP contribution in [0, 0.1) is 0 Å². The van der Waals surface area contributed by atoms with Crippen molar-refractivity contribution in [2.45, 2.75) is 31.9 Å². The van der Waals surface area contributed by atoms with Crippen LogP contribution in [0.2, 0.25) is 0 Å². The molecule has 0 aliphatic carbocycles. The van der Waals surface area contributed by atoms with Crippen LogP contribution in [0.4, 0.5) is 13.2 Å². The third kappa shape index (κ3) is 1.76. The van der Waals surface area contributed by atoms with Gasteiger partial charge in [-0.3, -0.25) is 0 Å². The zero-order valence-corrected chi connectivity index (χ0v) is 8.23. The molecule has 1 aromatic rings. The van der Waals surface area contributed by atoms with E-state index in [1.54, 1.807) is 25.1 Å². The average molecular weight is 202 g/mol. The second-order valence-corrected chi connectivity index (χ2v) is 3.55. The minimum atomic E-state index is -4.19. The molecular formula is C11H13F3. The Labute approximate surface area is 81.8 Å². The summed E-state index contributed by atoms with van der Waals surface area (Å²) in [5.41, 5.74) is -1.40. The van der Waals surface area contributed by atoms with Crippen LogP contribution in [0.3, 0.4) is 0 Å². The summed E-state index contributed by atoms with van der Waals surface area (Å²) in [7, 11) is 0. The lowest BCUT2D eigenvalue weighted by atomic mass is 9.79. The number of benzene rings is 1. The van der Waals surface area contributed by atoms with Crippen LogP contribution in [-0.2, 0) is 5.41 Å². The summed E-state index contributed by atoms with van der Waals surface area (Å²) in [4.78, 5) is 0. The summed E-state index contributed by atoms with van der Waals surface area (Å²) in [5, 5.41) is 0. The van der Waals surface area contributed by atoms with E-state index in [4.69, 9.17) is 0 Å². The molecule has 0 fully saturated rings. The van der Waals surface area contributed by atoms with Crippen molar-refractivity contribution < 1.29 is 13.2 Å². The molecule has 0 aromatic heterocycles. The first-order valence-electron chi connectivity index (χ1n) is 4.54. The number of halogens is 3. The maximum atomic E-state index is 12.8. The van der Waals surface area contributed by atoms with Crippen LogP contribution < -0.4 is 0 Å². The molecule has 0 spiro atoms. The minimum Gasteiger partial charge on any atom is -0.170 e. The summed E-state index contributed by atoms with van der Waals surface area (Å²) >= 11 is 0. The normalized spacial score (nSPS) is 16.4. The molecule has 0 bridgehead atoms. The molecule has 0 aliphatic heterocycles. The van der Waals surface area contributed by atoms with Crippen LogP contribution >= 0.6 is 0 Å². The molecule has 1 aromatic carbocycles. The average Bonchev–Trinajstić information content (AvgIpc) is 2.16. The van der Waals surface area contributed by atoms with Crippen molar-refractivity contribution in [3.63, 3.8) is 0 Å². The van der Waals surface area contributed by atoms with Crippen LogP contribution in [0.15, 0.2) is 30.3 Å². The Morgan fingerprint density at radius 1 is 1.07 bits per heavy atom. The molecule has 0 amide bonds. The molecule has 1 unspecified atom stereocenters. The van der Waals surface area contributed by atoms with Gasteiger partial charge in [0.05, 0.1) is 5.41 Å². The van der Waals surface area contributed by atoms with Crippen molar-refractivity contribution >= 4 is 0 Å². The predicted octanol–water partition coefficient (Wildman–Crippen LogP) is 3.92. The van der Waals surface area contributed by atoms with E-state index in [-0.39, 0.29) is 6.42 Å². The Morgan fingerprint density at radius 3 is 1.93 bits per heavy atom. The van der Waals surface area contributed by atoms with E-state index in [1.165, 1.54) is 19.1 Å². The zero-order chi connectivity index (χ0) is 10.8. The third-order valence-corrected chi connectivity index (χ3v) is 2.74. The number of rotatable bonds is 2. The molecule has 78 valence electrons. The van der Waals surface area contributed by atoms with Crippen molar-refractivity contribution in [1.29, 1.82) is 0 Å². The molecule has 1 atom stereocenters. The molecule has 0 saturated heterocycles. The molecule has 0 radical (unpaired) electrons. The minimum absolute atomic E-state index is 0.0561. The maximum Gasteiger partial charge on any atom is 0.398 e. The monoisotopic (exact) mass is 202 g/mol. The first-order valence-corrected chi connectivity index (χ1v) is 4.54. The van der Waals surface area contributed by atoms with Crippen molar-refractivity contribution in [1.82, 2.24) is 0 Å². The summed E-state index contributed by atoms with van der Waals surface area (Å²) in [5.74, 6) is 0. The fourth-order valence-electron chi connectivity index (χ4n) is 1.37. The summed E-state index contributed by atoms with van der Waals surface area (Å²) in [6, 6.07) is 8.04. The zero-order valence-electron chi connectivity index (χ0n) is 8.23. The lowest BCUT2D eigenvalue weighted by molar-refractivity contribution is -0.186. The van der Waals surface area contributed by atoms with Gasteiger partial charge in [0.25, 0.3) is 0 Å². The van der Waals surface area contributed by atoms with E-state index >= 15 is 0 Å². The highest BCUT2D eigenvalue weighted by Crippen LogP contribution is 2.43. The summed E-state index contributed by atoms with van der Waals surface area (Å²) in [6.45, 7) is 2.79. The highest BCUT2D eigenvalue weighted by molar-refractivity contribution is 5.26.